The van der Waals surface area contributed by atoms with E-state index in [1.165, 1.54) is 5.56 Å². The van der Waals surface area contributed by atoms with Crippen molar-refractivity contribution in [3.05, 3.63) is 46.2 Å². The molecule has 1 N–H and O–H groups in total. The summed E-state index contributed by atoms with van der Waals surface area (Å²) in [6.07, 6.45) is 2.94. The summed E-state index contributed by atoms with van der Waals surface area (Å²) in [7, 11) is 0. The number of nitrogens with zero attached hydrogens (tertiary/aromatic N) is 2. The molecule has 3 nitrogen and oxygen atoms in total. The smallest absolute Gasteiger partial charge is 0.192 e. The van der Waals surface area contributed by atoms with Gasteiger partial charge in [-0.1, -0.05) is 28.9 Å². The van der Waals surface area contributed by atoms with Crippen LogP contribution < -0.4 is 5.32 Å². The average molecular weight is 352 g/mol. The minimum atomic E-state index is 0.786. The summed E-state index contributed by atoms with van der Waals surface area (Å²) in [6, 6.07) is 8.29. The first-order valence-corrected chi connectivity index (χ1v) is 8.26. The molecule has 5 heteroatoms. The van der Waals surface area contributed by atoms with Crippen molar-refractivity contribution in [2.24, 2.45) is 0 Å². The van der Waals surface area contributed by atoms with Gasteiger partial charge in [0.25, 0.3) is 0 Å². The van der Waals surface area contributed by atoms with Crippen LogP contribution in [0.1, 0.15) is 24.6 Å². The van der Waals surface area contributed by atoms with E-state index >= 15 is 0 Å². The first-order valence-electron chi connectivity index (χ1n) is 6.65. The summed E-state index contributed by atoms with van der Waals surface area (Å²) in [4.78, 5) is 9.82. The van der Waals surface area contributed by atoms with Crippen LogP contribution >= 0.6 is 27.7 Å². The number of aryl methyl sites for hydroxylation is 1. The topological polar surface area (TPSA) is 37.8 Å². The Labute approximate surface area is 132 Å². The minimum Gasteiger partial charge on any atom is -0.313 e. The predicted molar refractivity (Wildman–Crippen MR) is 87.0 cm³/mol. The summed E-state index contributed by atoms with van der Waals surface area (Å²) in [5.41, 5.74) is 2.26. The molecule has 0 fully saturated rings. The van der Waals surface area contributed by atoms with Gasteiger partial charge in [0.2, 0.25) is 0 Å². The van der Waals surface area contributed by atoms with Crippen molar-refractivity contribution in [2.45, 2.75) is 36.9 Å². The van der Waals surface area contributed by atoms with Crippen LogP contribution in [-0.2, 0) is 6.54 Å². The summed E-state index contributed by atoms with van der Waals surface area (Å²) < 4.78 is 1.12. The monoisotopic (exact) mass is 351 g/mol. The number of nitrogens with one attached hydrogen (secondary N) is 1. The Morgan fingerprint density at radius 2 is 2.15 bits per heavy atom. The van der Waals surface area contributed by atoms with E-state index in [2.05, 4.69) is 56.3 Å². The van der Waals surface area contributed by atoms with Crippen LogP contribution in [-0.4, -0.2) is 16.5 Å². The summed E-state index contributed by atoms with van der Waals surface area (Å²) in [5.74, 6) is 0. The highest BCUT2D eigenvalue weighted by Crippen LogP contribution is 2.29. The molecule has 0 saturated carbocycles. The Kier molecular flexibility index (Phi) is 6.01. The molecule has 20 heavy (non-hydrogen) atoms. The van der Waals surface area contributed by atoms with Gasteiger partial charge in [-0.15, -0.1) is 0 Å². The number of aromatic nitrogens is 2. The van der Waals surface area contributed by atoms with Crippen LogP contribution in [0.25, 0.3) is 0 Å². The first-order chi connectivity index (χ1) is 9.69. The lowest BCUT2D eigenvalue weighted by Gasteiger charge is -2.08. The van der Waals surface area contributed by atoms with E-state index in [9.17, 15) is 0 Å². The van der Waals surface area contributed by atoms with Gasteiger partial charge < -0.3 is 5.32 Å². The maximum atomic E-state index is 4.41. The van der Waals surface area contributed by atoms with Gasteiger partial charge in [-0.05, 0) is 55.4 Å². The highest BCUT2D eigenvalue weighted by molar-refractivity contribution is 9.10. The third-order valence-electron chi connectivity index (χ3n) is 2.75. The molecule has 0 aliphatic carbocycles. The normalized spacial score (nSPS) is 10.8. The molecule has 0 saturated heterocycles. The Bertz CT molecular complexity index is 575. The fourth-order valence-corrected chi connectivity index (χ4v) is 3.21. The third kappa shape index (κ3) is 4.58. The molecule has 0 radical (unpaired) electrons. The first kappa shape index (κ1) is 15.5. The lowest BCUT2D eigenvalue weighted by atomic mass is 10.2. The van der Waals surface area contributed by atoms with Crippen LogP contribution in [0.4, 0.5) is 0 Å². The lowest BCUT2D eigenvalue weighted by Crippen LogP contribution is -2.14. The fourth-order valence-electron chi connectivity index (χ4n) is 1.72. The molecule has 0 unspecified atom stereocenters. The number of rotatable bonds is 6. The zero-order valence-electron chi connectivity index (χ0n) is 11.7. The molecular formula is C15H18BrN3S. The summed E-state index contributed by atoms with van der Waals surface area (Å²) >= 11 is 5.21. The van der Waals surface area contributed by atoms with Crippen molar-refractivity contribution >= 4 is 27.7 Å². The summed E-state index contributed by atoms with van der Waals surface area (Å²) in [5, 5.41) is 4.19. The zero-order chi connectivity index (χ0) is 14.4. The molecule has 1 aromatic heterocycles. The maximum absolute atomic E-state index is 4.41. The van der Waals surface area contributed by atoms with Crippen LogP contribution in [0.3, 0.4) is 0 Å². The van der Waals surface area contributed by atoms with Gasteiger partial charge in [-0.25, -0.2) is 9.97 Å². The molecule has 0 atom stereocenters. The zero-order valence-corrected chi connectivity index (χ0v) is 14.1. The van der Waals surface area contributed by atoms with Gasteiger partial charge in [-0.2, -0.15) is 0 Å². The van der Waals surface area contributed by atoms with Gasteiger partial charge >= 0.3 is 0 Å². The van der Waals surface area contributed by atoms with E-state index < -0.39 is 0 Å². The molecular weight excluding hydrogens is 334 g/mol. The Morgan fingerprint density at radius 3 is 2.85 bits per heavy atom. The van der Waals surface area contributed by atoms with Crippen LogP contribution in [0.2, 0.25) is 0 Å². The number of halogens is 1. The van der Waals surface area contributed by atoms with E-state index in [0.29, 0.717) is 0 Å². The van der Waals surface area contributed by atoms with Gasteiger partial charge in [0.1, 0.15) is 0 Å². The second kappa shape index (κ2) is 7.76. The van der Waals surface area contributed by atoms with Crippen LogP contribution in [0, 0.1) is 6.92 Å². The highest BCUT2D eigenvalue weighted by atomic mass is 79.9. The molecule has 0 amide bonds. The Hall–Kier alpha value is -0.910. The highest BCUT2D eigenvalue weighted by Gasteiger charge is 2.05. The van der Waals surface area contributed by atoms with Gasteiger partial charge in [-0.3, -0.25) is 0 Å². The summed E-state index contributed by atoms with van der Waals surface area (Å²) in [6.45, 7) is 6.08. The molecule has 0 aliphatic heterocycles. The maximum Gasteiger partial charge on any atom is 0.192 e. The predicted octanol–water partition coefficient (Wildman–Crippen LogP) is 4.20. The number of hydrogen-bond donors (Lipinski definition) is 1. The van der Waals surface area contributed by atoms with Crippen molar-refractivity contribution < 1.29 is 0 Å². The third-order valence-corrected chi connectivity index (χ3v) is 4.36. The SMILES string of the molecule is CCCNCc1ccc(Sc2nccc(C)n2)cc1Br. The molecule has 1 aromatic carbocycles. The second-order valence-corrected chi connectivity index (χ2v) is 6.41. The van der Waals surface area contributed by atoms with Crippen LogP contribution in [0.15, 0.2) is 45.0 Å². The molecule has 2 aromatic rings. The Morgan fingerprint density at radius 1 is 1.30 bits per heavy atom. The number of hydrogen-bond acceptors (Lipinski definition) is 4. The van der Waals surface area contributed by atoms with Crippen molar-refractivity contribution in [1.29, 1.82) is 0 Å². The molecule has 106 valence electrons. The van der Waals surface area contributed by atoms with E-state index in [-0.39, 0.29) is 0 Å². The fraction of sp³-hybridized carbons (Fsp3) is 0.333. The lowest BCUT2D eigenvalue weighted by molar-refractivity contribution is 0.673. The van der Waals surface area contributed by atoms with Gasteiger partial charge in [0, 0.05) is 27.8 Å². The van der Waals surface area contributed by atoms with E-state index in [1.807, 2.05) is 13.0 Å². The quantitative estimate of drug-likeness (QED) is 0.625. The van der Waals surface area contributed by atoms with Gasteiger partial charge in [0.05, 0.1) is 0 Å². The van der Waals surface area contributed by atoms with Crippen molar-refractivity contribution in [1.82, 2.24) is 15.3 Å². The molecule has 0 aliphatic rings. The van der Waals surface area contributed by atoms with Crippen molar-refractivity contribution in [2.75, 3.05) is 6.54 Å². The standard InChI is InChI=1S/C15H18BrN3S/c1-3-7-17-10-12-4-5-13(9-14(12)16)20-15-18-8-6-11(2)19-15/h4-6,8-9,17H,3,7,10H2,1-2H3. The largest absolute Gasteiger partial charge is 0.313 e. The second-order valence-electron chi connectivity index (χ2n) is 4.51. The molecule has 0 spiro atoms. The van der Waals surface area contributed by atoms with E-state index in [4.69, 9.17) is 0 Å². The van der Waals surface area contributed by atoms with Crippen molar-refractivity contribution in [3.63, 3.8) is 0 Å². The molecule has 2 rings (SSSR count). The van der Waals surface area contributed by atoms with Crippen LogP contribution in [0.5, 0.6) is 0 Å². The minimum absolute atomic E-state index is 0.786. The van der Waals surface area contributed by atoms with E-state index in [0.717, 1.165) is 39.7 Å². The molecule has 1 heterocycles. The van der Waals surface area contributed by atoms with E-state index in [1.54, 1.807) is 18.0 Å². The number of benzene rings is 1. The van der Waals surface area contributed by atoms with Crippen molar-refractivity contribution in [3.8, 4) is 0 Å². The molecule has 0 bridgehead atoms. The average Bonchev–Trinajstić information content (AvgIpc) is 2.41. The van der Waals surface area contributed by atoms with Gasteiger partial charge in [0.15, 0.2) is 5.16 Å². The Balaban J connectivity index is 2.05.